The molecular formula is C13H21NO4. The molecule has 2 unspecified atom stereocenters. The Bertz CT molecular complexity index is 370. The zero-order chi connectivity index (χ0) is 13.5. The highest BCUT2D eigenvalue weighted by atomic mass is 16.5. The van der Waals surface area contributed by atoms with E-state index in [2.05, 4.69) is 5.32 Å². The molecule has 18 heavy (non-hydrogen) atoms. The van der Waals surface area contributed by atoms with Gasteiger partial charge in [-0.2, -0.15) is 0 Å². The highest BCUT2D eigenvalue weighted by molar-refractivity contribution is 5.42. The van der Waals surface area contributed by atoms with Gasteiger partial charge in [0, 0.05) is 5.56 Å². The van der Waals surface area contributed by atoms with Crippen LogP contribution in [0.15, 0.2) is 18.2 Å². The molecule has 5 heteroatoms. The summed E-state index contributed by atoms with van der Waals surface area (Å²) in [6, 6.07) is 5.13. The topological polar surface area (TPSA) is 71.0 Å². The minimum Gasteiger partial charge on any atom is -0.497 e. The lowest BCUT2D eigenvalue weighted by molar-refractivity contribution is 0.0126. The maximum absolute atomic E-state index is 10.1. The van der Waals surface area contributed by atoms with Gasteiger partial charge in [-0.25, -0.2) is 0 Å². The van der Waals surface area contributed by atoms with Crippen molar-refractivity contribution in [1.29, 1.82) is 0 Å². The van der Waals surface area contributed by atoms with E-state index in [0.29, 0.717) is 30.0 Å². The van der Waals surface area contributed by atoms with Gasteiger partial charge in [0.25, 0.3) is 0 Å². The van der Waals surface area contributed by atoms with Crippen molar-refractivity contribution in [3.8, 4) is 11.5 Å². The third-order valence-electron chi connectivity index (χ3n) is 2.81. The number of rotatable bonds is 7. The summed E-state index contributed by atoms with van der Waals surface area (Å²) in [5.41, 5.74) is 0.528. The molecule has 0 saturated heterocycles. The molecule has 0 radical (unpaired) electrons. The number of ether oxygens (including phenoxy) is 2. The van der Waals surface area contributed by atoms with E-state index in [1.807, 2.05) is 0 Å². The van der Waals surface area contributed by atoms with Crippen LogP contribution in [0.2, 0.25) is 0 Å². The Hall–Kier alpha value is -1.30. The van der Waals surface area contributed by atoms with Crippen molar-refractivity contribution in [2.45, 2.75) is 18.6 Å². The third-order valence-corrected chi connectivity index (χ3v) is 2.81. The van der Waals surface area contributed by atoms with E-state index < -0.39 is 12.2 Å². The van der Waals surface area contributed by atoms with Gasteiger partial charge in [-0.15, -0.1) is 0 Å². The molecule has 0 aliphatic rings. The lowest BCUT2D eigenvalue weighted by Gasteiger charge is -2.20. The normalized spacial score (nSPS) is 14.1. The second kappa shape index (κ2) is 7.20. The minimum atomic E-state index is -0.997. The average molecular weight is 255 g/mol. The molecule has 1 aromatic carbocycles. The Kier molecular flexibility index (Phi) is 5.91. The van der Waals surface area contributed by atoms with Crippen molar-refractivity contribution in [2.24, 2.45) is 0 Å². The molecule has 0 heterocycles. The van der Waals surface area contributed by atoms with Gasteiger partial charge in [-0.05, 0) is 38.2 Å². The Morgan fingerprint density at radius 3 is 2.50 bits per heavy atom. The predicted molar refractivity (Wildman–Crippen MR) is 69.1 cm³/mol. The number of nitrogens with one attached hydrogen (secondary N) is 1. The molecular weight excluding hydrogens is 234 g/mol. The first-order valence-corrected chi connectivity index (χ1v) is 5.86. The highest BCUT2D eigenvalue weighted by Crippen LogP contribution is 2.31. The molecule has 0 bridgehead atoms. The Balaban J connectivity index is 2.91. The van der Waals surface area contributed by atoms with Crippen molar-refractivity contribution in [3.63, 3.8) is 0 Å². The van der Waals surface area contributed by atoms with Gasteiger partial charge in [0.2, 0.25) is 0 Å². The fourth-order valence-electron chi connectivity index (χ4n) is 1.73. The quantitative estimate of drug-likeness (QED) is 0.669. The van der Waals surface area contributed by atoms with E-state index in [0.717, 1.165) is 0 Å². The van der Waals surface area contributed by atoms with E-state index in [4.69, 9.17) is 9.47 Å². The van der Waals surface area contributed by atoms with Gasteiger partial charge in [-0.3, -0.25) is 0 Å². The zero-order valence-corrected chi connectivity index (χ0v) is 11.0. The van der Waals surface area contributed by atoms with Crippen molar-refractivity contribution in [3.05, 3.63) is 23.8 Å². The summed E-state index contributed by atoms with van der Waals surface area (Å²) < 4.78 is 10.3. The first-order chi connectivity index (χ1) is 8.63. The molecule has 1 rings (SSSR count). The second-order valence-corrected chi connectivity index (χ2v) is 4.01. The van der Waals surface area contributed by atoms with Crippen LogP contribution in [0, 0.1) is 0 Å². The number of methoxy groups -OCH3 is 2. The van der Waals surface area contributed by atoms with Gasteiger partial charge in [0.1, 0.15) is 17.6 Å². The Labute approximate surface area is 107 Å². The smallest absolute Gasteiger partial charge is 0.125 e. The largest absolute Gasteiger partial charge is 0.497 e. The number of aliphatic hydroxyl groups is 2. The summed E-state index contributed by atoms with van der Waals surface area (Å²) in [7, 11) is 4.87. The number of aliphatic hydroxyl groups excluding tert-OH is 2. The fraction of sp³-hybridized carbons (Fsp3) is 0.538. The maximum atomic E-state index is 10.1. The average Bonchev–Trinajstić information content (AvgIpc) is 2.43. The molecule has 0 saturated carbocycles. The van der Waals surface area contributed by atoms with Gasteiger partial charge in [-0.1, -0.05) is 0 Å². The number of hydrogen-bond donors (Lipinski definition) is 3. The van der Waals surface area contributed by atoms with Gasteiger partial charge >= 0.3 is 0 Å². The molecule has 0 spiro atoms. The summed E-state index contributed by atoms with van der Waals surface area (Å²) in [5, 5.41) is 23.0. The molecule has 0 amide bonds. The predicted octanol–water partition coefficient (Wildman–Crippen LogP) is 0.708. The lowest BCUT2D eigenvalue weighted by atomic mass is 10.0. The maximum Gasteiger partial charge on any atom is 0.125 e. The SMILES string of the molecule is CNCCC(O)C(O)c1cc(OC)ccc1OC. The summed E-state index contributed by atoms with van der Waals surface area (Å²) in [5.74, 6) is 1.15. The molecule has 0 aliphatic heterocycles. The van der Waals surface area contributed by atoms with Crippen LogP contribution >= 0.6 is 0 Å². The van der Waals surface area contributed by atoms with Crippen LogP contribution in [0.3, 0.4) is 0 Å². The molecule has 1 aromatic rings. The van der Waals surface area contributed by atoms with E-state index in [-0.39, 0.29) is 0 Å². The van der Waals surface area contributed by atoms with Gasteiger partial charge < -0.3 is 25.0 Å². The van der Waals surface area contributed by atoms with Crippen molar-refractivity contribution < 1.29 is 19.7 Å². The molecule has 0 aromatic heterocycles. The Morgan fingerprint density at radius 1 is 1.22 bits per heavy atom. The molecule has 2 atom stereocenters. The fourth-order valence-corrected chi connectivity index (χ4v) is 1.73. The lowest BCUT2D eigenvalue weighted by Crippen LogP contribution is -2.23. The van der Waals surface area contributed by atoms with Gasteiger partial charge in [0.15, 0.2) is 0 Å². The highest BCUT2D eigenvalue weighted by Gasteiger charge is 2.22. The van der Waals surface area contributed by atoms with Crippen molar-refractivity contribution >= 4 is 0 Å². The summed E-state index contributed by atoms with van der Waals surface area (Å²) in [4.78, 5) is 0. The summed E-state index contributed by atoms with van der Waals surface area (Å²) in [6.45, 7) is 0.629. The molecule has 0 aliphatic carbocycles. The molecule has 3 N–H and O–H groups in total. The molecule has 102 valence electrons. The standard InChI is InChI=1S/C13H21NO4/c1-14-7-6-11(15)13(16)10-8-9(17-2)4-5-12(10)18-3/h4-5,8,11,13-16H,6-7H2,1-3H3. The summed E-state index contributed by atoms with van der Waals surface area (Å²) in [6.07, 6.45) is -1.39. The summed E-state index contributed by atoms with van der Waals surface area (Å²) >= 11 is 0. The number of hydrogen-bond acceptors (Lipinski definition) is 5. The van der Waals surface area contributed by atoms with Crippen LogP contribution < -0.4 is 14.8 Å². The van der Waals surface area contributed by atoms with Crippen LogP contribution in [0.5, 0.6) is 11.5 Å². The first-order valence-electron chi connectivity index (χ1n) is 5.86. The van der Waals surface area contributed by atoms with Gasteiger partial charge in [0.05, 0.1) is 20.3 Å². The van der Waals surface area contributed by atoms with E-state index >= 15 is 0 Å². The molecule has 5 nitrogen and oxygen atoms in total. The third kappa shape index (κ3) is 3.60. The zero-order valence-electron chi connectivity index (χ0n) is 11.0. The van der Waals surface area contributed by atoms with E-state index in [9.17, 15) is 10.2 Å². The van der Waals surface area contributed by atoms with Crippen LogP contribution in [0.1, 0.15) is 18.1 Å². The minimum absolute atomic E-state index is 0.456. The van der Waals surface area contributed by atoms with E-state index in [1.54, 1.807) is 32.4 Å². The number of benzene rings is 1. The van der Waals surface area contributed by atoms with E-state index in [1.165, 1.54) is 7.11 Å². The Morgan fingerprint density at radius 2 is 1.94 bits per heavy atom. The second-order valence-electron chi connectivity index (χ2n) is 4.01. The van der Waals surface area contributed by atoms with Crippen molar-refractivity contribution in [2.75, 3.05) is 27.8 Å². The van der Waals surface area contributed by atoms with Crippen LogP contribution in [-0.2, 0) is 0 Å². The van der Waals surface area contributed by atoms with Crippen LogP contribution in [-0.4, -0.2) is 44.1 Å². The van der Waals surface area contributed by atoms with Crippen LogP contribution in [0.4, 0.5) is 0 Å². The van der Waals surface area contributed by atoms with Crippen molar-refractivity contribution in [1.82, 2.24) is 5.32 Å². The molecule has 0 fully saturated rings. The van der Waals surface area contributed by atoms with Crippen LogP contribution in [0.25, 0.3) is 0 Å². The monoisotopic (exact) mass is 255 g/mol. The first kappa shape index (κ1) is 14.8.